The maximum atomic E-state index is 15.6. The van der Waals surface area contributed by atoms with Crippen LogP contribution in [0.3, 0.4) is 0 Å². The Morgan fingerprint density at radius 1 is 0.619 bits per heavy atom. The number of anilines is 1. The molecule has 36 heteroatoms. The number of nitrogens with one attached hydrogen (secondary N) is 13. The number of halogens is 1. The van der Waals surface area contributed by atoms with Crippen LogP contribution in [-0.2, 0) is 101 Å². The molecule has 5 heterocycles. The van der Waals surface area contributed by atoms with Gasteiger partial charge in [-0.25, -0.2) is 14.5 Å². The Morgan fingerprint density at radius 2 is 1.19 bits per heavy atom. The number of guanidine groups is 1. The third-order valence-corrected chi connectivity index (χ3v) is 20.9. The summed E-state index contributed by atoms with van der Waals surface area (Å²) in [5.74, 6) is -10.9. The van der Waals surface area contributed by atoms with Gasteiger partial charge in [-0.3, -0.25) is 78.1 Å². The first-order valence-corrected chi connectivity index (χ1v) is 39.5. The summed E-state index contributed by atoms with van der Waals surface area (Å²) in [7, 11) is 0. The third-order valence-electron chi connectivity index (χ3n) is 20.6. The topological polar surface area (TPSA) is 511 Å². The van der Waals surface area contributed by atoms with Crippen molar-refractivity contribution in [2.24, 2.45) is 17.4 Å². The number of aromatic nitrogens is 1. The highest BCUT2D eigenvalue weighted by atomic mass is 35.5. The average Bonchev–Trinajstić information content (AvgIpc) is 1.64. The van der Waals surface area contributed by atoms with E-state index in [1.807, 2.05) is 54.6 Å². The molecule has 6 aromatic rings. The Morgan fingerprint density at radius 3 is 1.81 bits per heavy atom. The lowest BCUT2D eigenvalue weighted by Crippen LogP contribution is -2.61. The van der Waals surface area contributed by atoms with Crippen LogP contribution >= 0.6 is 11.6 Å². The van der Waals surface area contributed by atoms with Crippen molar-refractivity contribution >= 4 is 117 Å². The minimum absolute atomic E-state index is 0.0329. The molecule has 118 heavy (non-hydrogen) atoms. The van der Waals surface area contributed by atoms with Crippen LogP contribution < -0.4 is 75.3 Å². The van der Waals surface area contributed by atoms with Crippen LogP contribution in [0.2, 0.25) is 5.02 Å². The van der Waals surface area contributed by atoms with Gasteiger partial charge in [-0.2, -0.15) is 0 Å². The summed E-state index contributed by atoms with van der Waals surface area (Å²) in [6, 6.07) is 18.4. The second-order valence-corrected chi connectivity index (χ2v) is 30.5. The number of aliphatic hydroxyl groups excluding tert-OH is 1. The number of carbonyl (C=O) groups is 14. The fourth-order valence-electron chi connectivity index (χ4n) is 14.3. The SMILES string of the molecule is CC(C)C[C@H](NC(=O)[C@@H](Cc1ccc(CN2CCOCC2)cc1)NC(=O)[C@H](Cc1ccc(NC(=O)C2CC(=O)NC(=O)N2)cc1)NC(=O)[C@H](CO)NC(=O)[C@@H](Cc1cccnc1)NC(=O)C(Cc1ccc(Cl)cc1)N1C(=O)NC(Cc2ccc3ccccc3c2)C1=O)C(=O)N[C@@H](CCCNC(=N)N)C(=O)N1CCC[C@H]1C(=O)N[C@H](C)C(N)=O. The van der Waals surface area contributed by atoms with Crippen LogP contribution in [0.15, 0.2) is 140 Å². The smallest absolute Gasteiger partial charge is 0.325 e. The van der Waals surface area contributed by atoms with Crippen molar-refractivity contribution < 1.29 is 77.0 Å². The van der Waals surface area contributed by atoms with Gasteiger partial charge in [0.1, 0.15) is 66.5 Å². The predicted octanol–water partition coefficient (Wildman–Crippen LogP) is 0.251. The number of primary amides is 1. The first kappa shape index (κ1) is 87.9. The van der Waals surface area contributed by atoms with Crippen molar-refractivity contribution in [1.29, 1.82) is 5.41 Å². The Balaban J connectivity index is 0.938. The number of morpholine rings is 1. The lowest BCUT2D eigenvalue weighted by Gasteiger charge is -2.31. The quantitative estimate of drug-likeness (QED) is 0.0107. The number of likely N-dealkylation sites (tertiary alicyclic amines) is 1. The van der Waals surface area contributed by atoms with Gasteiger partial charge in [0.25, 0.3) is 5.91 Å². The summed E-state index contributed by atoms with van der Waals surface area (Å²) in [6.07, 6.45) is 2.06. The Labute approximate surface area is 685 Å². The molecule has 0 bridgehead atoms. The number of ether oxygens (including phenoxy) is 1. The molecule has 4 aliphatic heterocycles. The van der Waals surface area contributed by atoms with Crippen LogP contribution in [0.5, 0.6) is 0 Å². The number of urea groups is 2. The summed E-state index contributed by atoms with van der Waals surface area (Å²) in [4.78, 5) is 206. The largest absolute Gasteiger partial charge is 0.394 e. The minimum atomic E-state index is -1.92. The van der Waals surface area contributed by atoms with E-state index in [-0.39, 0.29) is 88.4 Å². The van der Waals surface area contributed by atoms with E-state index in [1.54, 1.807) is 62.4 Å². The van der Waals surface area contributed by atoms with E-state index in [9.17, 15) is 48.3 Å². The molecule has 0 aliphatic carbocycles. The highest BCUT2D eigenvalue weighted by Gasteiger charge is 2.46. The highest BCUT2D eigenvalue weighted by Crippen LogP contribution is 2.25. The molecule has 626 valence electrons. The summed E-state index contributed by atoms with van der Waals surface area (Å²) in [5.41, 5.74) is 14.5. The summed E-state index contributed by atoms with van der Waals surface area (Å²) >= 11 is 6.28. The number of nitrogens with two attached hydrogens (primary N) is 2. The normalized spacial score (nSPS) is 18.1. The average molecular weight is 1640 g/mol. The number of fused-ring (bicyclic) bond motifs is 1. The lowest BCUT2D eigenvalue weighted by molar-refractivity contribution is -0.142. The van der Waals surface area contributed by atoms with Gasteiger partial charge in [-0.05, 0) is 119 Å². The molecule has 5 aromatic carbocycles. The van der Waals surface area contributed by atoms with Gasteiger partial charge in [0.15, 0.2) is 5.96 Å². The molecule has 18 N–H and O–H groups in total. The number of aliphatic hydroxyl groups is 1. The standard InChI is InChI=1S/C82H100ClN19O16/c1-46(2)35-59(71(107)91-58(12-7-29-88-80(85)86)78(114)101-30-8-13-66(101)76(112)89-47(3)69(84)105)92-72(108)60(37-48-14-16-51(17-15-48)44-100-31-33-118-34-32-100)93-73(109)61(38-49-21-26-57(27-22-49)90-70(106)63-42-68(104)99-81(116)97-63)94-75(111)65(45-103)96-74(110)62(40-53-9-6-28-87-43-53)95-77(113)67(41-50-19-24-56(83)25-20-50)102-79(115)64(98-82(102)117)39-52-18-23-54-10-4-5-11-55(54)36-52/h4-6,9-11,14-28,36,43,46-47,58-67,103H,7-8,12-13,29-35,37-42,44-45H2,1-3H3,(H2,84,105)(H,89,112)(H,90,106)(H,91,107)(H,92,108)(H,93,109)(H,94,111)(H,95,113)(H,96,110)(H,98,117)(H4,85,86,88)(H2,97,99,104,116)/t47-,58+,59+,60-,61+,62-,63?,64?,65+,66+,67?/m1/s1. The maximum absolute atomic E-state index is 15.6. The molecule has 0 saturated carbocycles. The van der Waals surface area contributed by atoms with E-state index in [4.69, 9.17) is 33.2 Å². The van der Waals surface area contributed by atoms with Crippen molar-refractivity contribution in [3.8, 4) is 0 Å². The van der Waals surface area contributed by atoms with E-state index in [1.165, 1.54) is 48.5 Å². The van der Waals surface area contributed by atoms with Crippen molar-refractivity contribution in [2.75, 3.05) is 51.3 Å². The number of amides is 16. The summed E-state index contributed by atoms with van der Waals surface area (Å²) in [5, 5.41) is 52.4. The molecular formula is C82H100ClN19O16. The molecule has 3 unspecified atom stereocenters. The molecule has 0 radical (unpaired) electrons. The number of carbonyl (C=O) groups excluding carboxylic acids is 14. The second-order valence-electron chi connectivity index (χ2n) is 30.1. The molecule has 16 amide bonds. The second kappa shape index (κ2) is 41.9. The van der Waals surface area contributed by atoms with Crippen LogP contribution in [0.25, 0.3) is 10.8 Å². The van der Waals surface area contributed by atoms with Gasteiger partial charge in [0.2, 0.25) is 65.0 Å². The number of benzene rings is 5. The van der Waals surface area contributed by atoms with Crippen LogP contribution in [-0.4, -0.2) is 226 Å². The van der Waals surface area contributed by atoms with Gasteiger partial charge < -0.3 is 84.7 Å². The number of hydrogen-bond acceptors (Lipinski definition) is 19. The fourth-order valence-corrected chi connectivity index (χ4v) is 14.4. The van der Waals surface area contributed by atoms with E-state index in [2.05, 4.69) is 73.7 Å². The van der Waals surface area contributed by atoms with Gasteiger partial charge >= 0.3 is 12.1 Å². The van der Waals surface area contributed by atoms with E-state index < -0.39 is 162 Å². The number of imide groups is 2. The zero-order valence-electron chi connectivity index (χ0n) is 65.5. The van der Waals surface area contributed by atoms with Crippen molar-refractivity contribution in [3.05, 3.63) is 178 Å². The van der Waals surface area contributed by atoms with Crippen LogP contribution in [0.1, 0.15) is 92.7 Å². The number of rotatable bonds is 38. The molecule has 4 saturated heterocycles. The first-order valence-electron chi connectivity index (χ1n) is 39.1. The van der Waals surface area contributed by atoms with E-state index in [0.29, 0.717) is 66.5 Å². The molecule has 0 spiro atoms. The lowest BCUT2D eigenvalue weighted by atomic mass is 9.99. The molecule has 1 aromatic heterocycles. The zero-order chi connectivity index (χ0) is 84.7. The maximum Gasteiger partial charge on any atom is 0.325 e. The fraction of sp³-hybridized carbons (Fsp3) is 0.415. The van der Waals surface area contributed by atoms with E-state index in [0.717, 1.165) is 26.8 Å². The number of nitrogens with zero attached hydrogens (tertiary/aromatic N) is 4. The van der Waals surface area contributed by atoms with E-state index >= 15 is 24.0 Å². The Kier molecular flexibility index (Phi) is 31.2. The Hall–Kier alpha value is -12.5. The van der Waals surface area contributed by atoms with Gasteiger partial charge in [-0.1, -0.05) is 123 Å². The number of pyridine rings is 1. The third kappa shape index (κ3) is 25.0. The monoisotopic (exact) mass is 1640 g/mol. The molecule has 4 aliphatic rings. The van der Waals surface area contributed by atoms with Gasteiger partial charge in [0, 0.05) is 87.9 Å². The molecule has 4 fully saturated rings. The minimum Gasteiger partial charge on any atom is -0.394 e. The van der Waals surface area contributed by atoms with Crippen molar-refractivity contribution in [2.45, 2.75) is 164 Å². The van der Waals surface area contributed by atoms with Crippen molar-refractivity contribution in [1.82, 2.24) is 78.2 Å². The Bertz CT molecular complexity index is 4640. The molecular weight excluding hydrogens is 1540 g/mol. The number of hydrogen-bond donors (Lipinski definition) is 16. The predicted molar refractivity (Wildman–Crippen MR) is 433 cm³/mol. The first-order chi connectivity index (χ1) is 56.5. The van der Waals surface area contributed by atoms with Crippen molar-refractivity contribution in [3.63, 3.8) is 0 Å². The highest BCUT2D eigenvalue weighted by molar-refractivity contribution is 6.30. The molecule has 10 rings (SSSR count). The zero-order valence-corrected chi connectivity index (χ0v) is 66.3. The molecule has 35 nitrogen and oxygen atoms in total. The van der Waals surface area contributed by atoms with Crippen LogP contribution in [0, 0.1) is 11.3 Å². The van der Waals surface area contributed by atoms with Gasteiger partial charge in [-0.15, -0.1) is 0 Å². The summed E-state index contributed by atoms with van der Waals surface area (Å²) < 4.78 is 5.55. The summed E-state index contributed by atoms with van der Waals surface area (Å²) in [6.45, 7) is 7.07. The van der Waals surface area contributed by atoms with Crippen LogP contribution in [0.4, 0.5) is 15.3 Å². The van der Waals surface area contributed by atoms with Gasteiger partial charge in [0.05, 0.1) is 26.2 Å². The molecule has 11 atom stereocenters.